The number of phenols is 1. The highest BCUT2D eigenvalue weighted by Gasteiger charge is 2.11. The third kappa shape index (κ3) is 2.63. The number of nitrogens with zero attached hydrogens (tertiary/aromatic N) is 2. The molecule has 0 amide bonds. The van der Waals surface area contributed by atoms with E-state index in [9.17, 15) is 5.11 Å². The Hall–Kier alpha value is -1.81. The van der Waals surface area contributed by atoms with E-state index in [1.807, 2.05) is 13.8 Å². The standard InChI is InChI=1S/C14H15ClN2O2/c1-4-10-8(2)16-14(17-13(10)15)9-5-6-11(18)12(7-9)19-3/h5-7,18H,4H2,1-3H3. The maximum Gasteiger partial charge on any atom is 0.161 e. The normalized spacial score (nSPS) is 10.5. The molecule has 1 N–H and O–H groups in total. The summed E-state index contributed by atoms with van der Waals surface area (Å²) >= 11 is 6.16. The number of rotatable bonds is 3. The number of aromatic hydroxyl groups is 1. The third-order valence-electron chi connectivity index (χ3n) is 2.95. The largest absolute Gasteiger partial charge is 0.504 e. The maximum atomic E-state index is 9.58. The molecule has 1 aromatic heterocycles. The molecule has 1 heterocycles. The van der Waals surface area contributed by atoms with Gasteiger partial charge in [-0.1, -0.05) is 18.5 Å². The fourth-order valence-electron chi connectivity index (χ4n) is 1.91. The average molecular weight is 279 g/mol. The first-order valence-corrected chi connectivity index (χ1v) is 6.35. The first-order valence-electron chi connectivity index (χ1n) is 5.97. The van der Waals surface area contributed by atoms with Gasteiger partial charge in [0.1, 0.15) is 5.15 Å². The van der Waals surface area contributed by atoms with Gasteiger partial charge in [-0.2, -0.15) is 0 Å². The molecule has 0 fully saturated rings. The number of phenolic OH excluding ortho intramolecular Hbond substituents is 1. The highest BCUT2D eigenvalue weighted by molar-refractivity contribution is 6.30. The van der Waals surface area contributed by atoms with Crippen molar-refractivity contribution < 1.29 is 9.84 Å². The molecule has 4 nitrogen and oxygen atoms in total. The Kier molecular flexibility index (Phi) is 3.90. The second-order valence-corrected chi connectivity index (χ2v) is 4.50. The van der Waals surface area contributed by atoms with Crippen molar-refractivity contribution in [1.29, 1.82) is 0 Å². The molecule has 0 spiro atoms. The lowest BCUT2D eigenvalue weighted by Crippen LogP contribution is -1.99. The Labute approximate surface area is 117 Å². The maximum absolute atomic E-state index is 9.58. The van der Waals surface area contributed by atoms with Crippen molar-refractivity contribution >= 4 is 11.6 Å². The first-order chi connectivity index (χ1) is 9.06. The van der Waals surface area contributed by atoms with Gasteiger partial charge in [0.25, 0.3) is 0 Å². The van der Waals surface area contributed by atoms with Crippen molar-refractivity contribution in [3.63, 3.8) is 0 Å². The van der Waals surface area contributed by atoms with Crippen molar-refractivity contribution in [2.75, 3.05) is 7.11 Å². The molecule has 0 atom stereocenters. The van der Waals surface area contributed by atoms with Gasteiger partial charge in [0.15, 0.2) is 17.3 Å². The first kappa shape index (κ1) is 13.6. The Morgan fingerprint density at radius 1 is 1.32 bits per heavy atom. The van der Waals surface area contributed by atoms with E-state index in [4.69, 9.17) is 16.3 Å². The number of aromatic nitrogens is 2. The van der Waals surface area contributed by atoms with Gasteiger partial charge in [-0.3, -0.25) is 0 Å². The fraction of sp³-hybridized carbons (Fsp3) is 0.286. The zero-order valence-electron chi connectivity index (χ0n) is 11.1. The minimum atomic E-state index is 0.0826. The molecule has 0 saturated carbocycles. The van der Waals surface area contributed by atoms with Crippen molar-refractivity contribution in [2.24, 2.45) is 0 Å². The van der Waals surface area contributed by atoms with Gasteiger partial charge < -0.3 is 9.84 Å². The van der Waals surface area contributed by atoms with Crippen LogP contribution in [-0.4, -0.2) is 22.2 Å². The predicted octanol–water partition coefficient (Wildman–Crippen LogP) is 3.38. The van der Waals surface area contributed by atoms with Crippen LogP contribution < -0.4 is 4.74 Å². The van der Waals surface area contributed by atoms with E-state index in [0.717, 1.165) is 23.2 Å². The Morgan fingerprint density at radius 2 is 2.05 bits per heavy atom. The summed E-state index contributed by atoms with van der Waals surface area (Å²) in [7, 11) is 1.50. The van der Waals surface area contributed by atoms with E-state index in [1.54, 1.807) is 18.2 Å². The molecule has 2 aromatic rings. The van der Waals surface area contributed by atoms with E-state index in [-0.39, 0.29) is 5.75 Å². The Morgan fingerprint density at radius 3 is 2.63 bits per heavy atom. The van der Waals surface area contributed by atoms with Crippen LogP contribution in [0.15, 0.2) is 18.2 Å². The lowest BCUT2D eigenvalue weighted by Gasteiger charge is -2.09. The van der Waals surface area contributed by atoms with Gasteiger partial charge in [0.05, 0.1) is 7.11 Å². The zero-order valence-corrected chi connectivity index (χ0v) is 11.8. The van der Waals surface area contributed by atoms with Crippen LogP contribution >= 0.6 is 11.6 Å². The molecule has 0 aliphatic rings. The zero-order chi connectivity index (χ0) is 14.0. The van der Waals surface area contributed by atoms with E-state index in [0.29, 0.717) is 16.7 Å². The van der Waals surface area contributed by atoms with E-state index < -0.39 is 0 Å². The molecule has 19 heavy (non-hydrogen) atoms. The second kappa shape index (κ2) is 5.45. The number of methoxy groups -OCH3 is 1. The van der Waals surface area contributed by atoms with Crippen LogP contribution in [0.4, 0.5) is 0 Å². The smallest absolute Gasteiger partial charge is 0.161 e. The number of halogens is 1. The molecule has 0 radical (unpaired) electrons. The molecular weight excluding hydrogens is 264 g/mol. The minimum Gasteiger partial charge on any atom is -0.504 e. The van der Waals surface area contributed by atoms with Crippen molar-refractivity contribution in [3.8, 4) is 22.9 Å². The number of benzene rings is 1. The molecule has 1 aromatic carbocycles. The number of hydrogen-bond donors (Lipinski definition) is 1. The van der Waals surface area contributed by atoms with Crippen LogP contribution in [0.1, 0.15) is 18.2 Å². The lowest BCUT2D eigenvalue weighted by molar-refractivity contribution is 0.373. The van der Waals surface area contributed by atoms with Crippen LogP contribution in [-0.2, 0) is 6.42 Å². The van der Waals surface area contributed by atoms with Crippen molar-refractivity contribution in [3.05, 3.63) is 34.6 Å². The topological polar surface area (TPSA) is 55.2 Å². The average Bonchev–Trinajstić information content (AvgIpc) is 2.39. The molecule has 2 rings (SSSR count). The quantitative estimate of drug-likeness (QED) is 0.875. The van der Waals surface area contributed by atoms with E-state index >= 15 is 0 Å². The molecular formula is C14H15ClN2O2. The highest BCUT2D eigenvalue weighted by atomic mass is 35.5. The van der Waals surface area contributed by atoms with Crippen molar-refractivity contribution in [2.45, 2.75) is 20.3 Å². The van der Waals surface area contributed by atoms with E-state index in [2.05, 4.69) is 9.97 Å². The van der Waals surface area contributed by atoms with Crippen LogP contribution in [0.5, 0.6) is 11.5 Å². The molecule has 0 aliphatic heterocycles. The Bertz CT molecular complexity index is 591. The molecule has 0 saturated heterocycles. The summed E-state index contributed by atoms with van der Waals surface area (Å²) in [6.07, 6.45) is 0.795. The Balaban J connectivity index is 2.53. The lowest BCUT2D eigenvalue weighted by atomic mass is 10.1. The minimum absolute atomic E-state index is 0.0826. The summed E-state index contributed by atoms with van der Waals surface area (Å²) in [5.74, 6) is 0.992. The summed E-state index contributed by atoms with van der Waals surface area (Å²) in [5.41, 5.74) is 2.57. The van der Waals surface area contributed by atoms with Gasteiger partial charge in [-0.25, -0.2) is 9.97 Å². The monoisotopic (exact) mass is 278 g/mol. The van der Waals surface area contributed by atoms with Gasteiger partial charge in [0.2, 0.25) is 0 Å². The number of ether oxygens (including phenoxy) is 1. The van der Waals surface area contributed by atoms with Gasteiger partial charge in [-0.15, -0.1) is 0 Å². The van der Waals surface area contributed by atoms with Gasteiger partial charge in [-0.05, 0) is 31.5 Å². The summed E-state index contributed by atoms with van der Waals surface area (Å²) in [4.78, 5) is 8.74. The van der Waals surface area contributed by atoms with Crippen LogP contribution in [0.3, 0.4) is 0 Å². The van der Waals surface area contributed by atoms with Gasteiger partial charge in [0, 0.05) is 16.8 Å². The SMILES string of the molecule is CCc1c(C)nc(-c2ccc(O)c(OC)c2)nc1Cl. The molecule has 5 heteroatoms. The van der Waals surface area contributed by atoms with Crippen LogP contribution in [0, 0.1) is 6.92 Å². The molecule has 0 unspecified atom stereocenters. The second-order valence-electron chi connectivity index (χ2n) is 4.14. The van der Waals surface area contributed by atoms with E-state index in [1.165, 1.54) is 7.11 Å². The summed E-state index contributed by atoms with van der Waals surface area (Å²) in [6.45, 7) is 3.92. The van der Waals surface area contributed by atoms with Crippen molar-refractivity contribution in [1.82, 2.24) is 9.97 Å². The summed E-state index contributed by atoms with van der Waals surface area (Å²) < 4.78 is 5.07. The third-order valence-corrected chi connectivity index (χ3v) is 3.27. The van der Waals surface area contributed by atoms with Crippen LogP contribution in [0.25, 0.3) is 11.4 Å². The molecule has 0 aliphatic carbocycles. The summed E-state index contributed by atoms with van der Waals surface area (Å²) in [6, 6.07) is 4.97. The van der Waals surface area contributed by atoms with Crippen LogP contribution in [0.2, 0.25) is 5.15 Å². The molecule has 100 valence electrons. The fourth-order valence-corrected chi connectivity index (χ4v) is 2.26. The number of hydrogen-bond acceptors (Lipinski definition) is 4. The van der Waals surface area contributed by atoms with Gasteiger partial charge >= 0.3 is 0 Å². The highest BCUT2D eigenvalue weighted by Crippen LogP contribution is 2.31. The summed E-state index contributed by atoms with van der Waals surface area (Å²) in [5, 5.41) is 10.1. The molecule has 0 bridgehead atoms. The predicted molar refractivity (Wildman–Crippen MR) is 74.8 cm³/mol. The number of aryl methyl sites for hydroxylation is 1.